The zero-order chi connectivity index (χ0) is 22.5. The van der Waals surface area contributed by atoms with Crippen molar-refractivity contribution < 1.29 is 23.8 Å². The van der Waals surface area contributed by atoms with Gasteiger partial charge in [0, 0.05) is 32.0 Å². The van der Waals surface area contributed by atoms with Gasteiger partial charge in [0.15, 0.2) is 11.5 Å². The maximum Gasteiger partial charge on any atom is 0.356 e. The molecule has 2 aromatic rings. The van der Waals surface area contributed by atoms with Gasteiger partial charge in [0.2, 0.25) is 0 Å². The molecule has 1 N–H and O–H groups in total. The monoisotopic (exact) mass is 441 g/mol. The molecule has 0 aliphatic carbocycles. The van der Waals surface area contributed by atoms with Gasteiger partial charge in [-0.05, 0) is 31.0 Å². The van der Waals surface area contributed by atoms with Crippen molar-refractivity contribution >= 4 is 29.3 Å². The van der Waals surface area contributed by atoms with E-state index < -0.39 is 5.97 Å². The molecule has 0 radical (unpaired) electrons. The second-order valence-electron chi connectivity index (χ2n) is 7.56. The first-order chi connectivity index (χ1) is 15.6. The van der Waals surface area contributed by atoms with E-state index in [0.29, 0.717) is 43.8 Å². The Morgan fingerprint density at radius 3 is 2.91 bits per heavy atom. The molecule has 1 atom stereocenters. The summed E-state index contributed by atoms with van der Waals surface area (Å²) in [5.41, 5.74) is 0.976. The Labute approximate surface area is 186 Å². The van der Waals surface area contributed by atoms with Gasteiger partial charge >= 0.3 is 12.0 Å². The van der Waals surface area contributed by atoms with Crippen LogP contribution in [0.5, 0.6) is 5.75 Å². The van der Waals surface area contributed by atoms with Crippen molar-refractivity contribution in [2.75, 3.05) is 55.1 Å². The smallest absolute Gasteiger partial charge is 0.356 e. The number of pyridine rings is 2. The van der Waals surface area contributed by atoms with Gasteiger partial charge in [0.05, 0.1) is 25.4 Å². The molecule has 2 aliphatic heterocycles. The first kappa shape index (κ1) is 21.8. The van der Waals surface area contributed by atoms with Gasteiger partial charge in [0.1, 0.15) is 18.2 Å². The van der Waals surface area contributed by atoms with E-state index in [2.05, 4.69) is 20.2 Å². The molecule has 10 heteroatoms. The van der Waals surface area contributed by atoms with E-state index in [1.165, 1.54) is 7.11 Å². The number of methoxy groups -OCH3 is 1. The van der Waals surface area contributed by atoms with Gasteiger partial charge in [0.25, 0.3) is 0 Å². The lowest BCUT2D eigenvalue weighted by Gasteiger charge is -2.35. The number of esters is 1. The fourth-order valence-electron chi connectivity index (χ4n) is 3.89. The number of fused-ring (bicyclic) bond motifs is 4. The molecule has 2 bridgehead atoms. The molecule has 0 saturated carbocycles. The van der Waals surface area contributed by atoms with E-state index in [9.17, 15) is 9.59 Å². The number of urea groups is 1. The summed E-state index contributed by atoms with van der Waals surface area (Å²) in [5.74, 6) is 0.857. The number of ether oxygens (including phenoxy) is 3. The van der Waals surface area contributed by atoms with Gasteiger partial charge in [-0.25, -0.2) is 19.6 Å². The minimum Gasteiger partial charge on any atom is -0.491 e. The molecule has 10 nitrogen and oxygen atoms in total. The largest absolute Gasteiger partial charge is 0.491 e. The SMILES string of the molecule is CCCOCCOc1ccnc(NC(=O)N2c3nc(C(=O)OC)ccc3N3CC[C@H]2C3)c1. The predicted octanol–water partition coefficient (Wildman–Crippen LogP) is 2.70. The van der Waals surface area contributed by atoms with Crippen LogP contribution in [0.2, 0.25) is 0 Å². The molecule has 0 aromatic carbocycles. The number of carbonyl (C=O) groups is 2. The summed E-state index contributed by atoms with van der Waals surface area (Å²) < 4.78 is 15.9. The second kappa shape index (κ2) is 9.82. The summed E-state index contributed by atoms with van der Waals surface area (Å²) in [6.45, 7) is 5.19. The van der Waals surface area contributed by atoms with Crippen molar-refractivity contribution in [3.63, 3.8) is 0 Å². The average Bonchev–Trinajstić information content (AvgIpc) is 3.22. The van der Waals surface area contributed by atoms with Crippen LogP contribution in [0.3, 0.4) is 0 Å². The van der Waals surface area contributed by atoms with Crippen LogP contribution >= 0.6 is 0 Å². The molecule has 0 unspecified atom stereocenters. The van der Waals surface area contributed by atoms with E-state index >= 15 is 0 Å². The van der Waals surface area contributed by atoms with Crippen LogP contribution in [0.4, 0.5) is 22.1 Å². The summed E-state index contributed by atoms with van der Waals surface area (Å²) >= 11 is 0. The Kier molecular flexibility index (Phi) is 6.69. The third-order valence-electron chi connectivity index (χ3n) is 5.38. The Hall–Kier alpha value is -3.40. The van der Waals surface area contributed by atoms with Crippen molar-refractivity contribution in [3.05, 3.63) is 36.2 Å². The second-order valence-corrected chi connectivity index (χ2v) is 7.56. The molecule has 2 amide bonds. The highest BCUT2D eigenvalue weighted by Gasteiger charge is 2.40. The maximum atomic E-state index is 13.3. The standard InChI is InChI=1S/C22H27N5O5/c1-3-10-31-11-12-32-16-6-8-23-19(13-16)25-22(29)27-15-7-9-26(14-15)18-5-4-17(21(28)30-2)24-20(18)27/h4-6,8,13,15H,3,7,9-12,14H2,1-2H3,(H,23,25,29)/t15-/m0/s1. The van der Waals surface area contributed by atoms with Gasteiger partial charge in [-0.2, -0.15) is 0 Å². The van der Waals surface area contributed by atoms with E-state index in [1.807, 2.05) is 13.0 Å². The third kappa shape index (κ3) is 4.59. The highest BCUT2D eigenvalue weighted by atomic mass is 16.5. The molecule has 4 heterocycles. The minimum atomic E-state index is -0.546. The lowest BCUT2D eigenvalue weighted by molar-refractivity contribution is 0.0594. The molecular weight excluding hydrogens is 414 g/mol. The van der Waals surface area contributed by atoms with Gasteiger partial charge in [-0.15, -0.1) is 0 Å². The number of anilines is 3. The highest BCUT2D eigenvalue weighted by molar-refractivity contribution is 6.04. The number of carbonyl (C=O) groups excluding carboxylic acids is 2. The molecular formula is C22H27N5O5. The average molecular weight is 441 g/mol. The molecule has 0 spiro atoms. The predicted molar refractivity (Wildman–Crippen MR) is 119 cm³/mol. The Morgan fingerprint density at radius 1 is 1.22 bits per heavy atom. The summed E-state index contributed by atoms with van der Waals surface area (Å²) in [4.78, 5) is 37.7. The molecule has 32 heavy (non-hydrogen) atoms. The molecule has 2 aliphatic rings. The first-order valence-electron chi connectivity index (χ1n) is 10.7. The number of nitrogens with zero attached hydrogens (tertiary/aromatic N) is 4. The van der Waals surface area contributed by atoms with E-state index in [0.717, 1.165) is 25.1 Å². The van der Waals surface area contributed by atoms with Crippen molar-refractivity contribution in [1.29, 1.82) is 0 Å². The van der Waals surface area contributed by atoms with Gasteiger partial charge in [-0.3, -0.25) is 10.2 Å². The zero-order valence-electron chi connectivity index (χ0n) is 18.2. The summed E-state index contributed by atoms with van der Waals surface area (Å²) in [7, 11) is 1.30. The summed E-state index contributed by atoms with van der Waals surface area (Å²) in [6.07, 6.45) is 3.35. The fraction of sp³-hybridized carbons (Fsp3) is 0.455. The van der Waals surface area contributed by atoms with E-state index in [4.69, 9.17) is 14.2 Å². The highest BCUT2D eigenvalue weighted by Crippen LogP contribution is 2.39. The fourth-order valence-corrected chi connectivity index (χ4v) is 3.89. The number of amides is 2. The third-order valence-corrected chi connectivity index (χ3v) is 5.38. The number of hydrogen-bond acceptors (Lipinski definition) is 8. The van der Waals surface area contributed by atoms with Crippen molar-refractivity contribution in [2.45, 2.75) is 25.8 Å². The first-order valence-corrected chi connectivity index (χ1v) is 10.7. The van der Waals surface area contributed by atoms with E-state index in [-0.39, 0.29) is 17.8 Å². The minimum absolute atomic E-state index is 0.0435. The quantitative estimate of drug-likeness (QED) is 0.492. The number of nitrogens with one attached hydrogen (secondary N) is 1. The maximum absolute atomic E-state index is 13.3. The Bertz CT molecular complexity index is 985. The lowest BCUT2D eigenvalue weighted by atomic mass is 10.2. The Balaban J connectivity index is 1.49. The normalized spacial score (nSPS) is 16.5. The molecule has 1 saturated heterocycles. The van der Waals surface area contributed by atoms with E-state index in [1.54, 1.807) is 29.3 Å². The Morgan fingerprint density at radius 2 is 2.09 bits per heavy atom. The molecule has 2 aromatic heterocycles. The molecule has 1 fully saturated rings. The van der Waals surface area contributed by atoms with Crippen LogP contribution in [0.1, 0.15) is 30.3 Å². The lowest BCUT2D eigenvalue weighted by Crippen LogP contribution is -2.48. The van der Waals surface area contributed by atoms with Crippen LogP contribution in [-0.4, -0.2) is 68.0 Å². The van der Waals surface area contributed by atoms with Gasteiger partial charge in [-0.1, -0.05) is 6.92 Å². The number of hydrogen-bond donors (Lipinski definition) is 1. The van der Waals surface area contributed by atoms with Crippen LogP contribution in [-0.2, 0) is 9.47 Å². The van der Waals surface area contributed by atoms with Crippen LogP contribution in [0.15, 0.2) is 30.5 Å². The van der Waals surface area contributed by atoms with Gasteiger partial charge < -0.3 is 19.1 Å². The molecule has 4 rings (SSSR count). The zero-order valence-corrected chi connectivity index (χ0v) is 18.2. The number of rotatable bonds is 8. The number of aromatic nitrogens is 2. The topological polar surface area (TPSA) is 106 Å². The van der Waals surface area contributed by atoms with Crippen LogP contribution < -0.4 is 19.9 Å². The van der Waals surface area contributed by atoms with Crippen molar-refractivity contribution in [1.82, 2.24) is 9.97 Å². The van der Waals surface area contributed by atoms with Crippen LogP contribution in [0, 0.1) is 0 Å². The molecule has 170 valence electrons. The summed E-state index contributed by atoms with van der Waals surface area (Å²) in [6, 6.07) is 6.42. The summed E-state index contributed by atoms with van der Waals surface area (Å²) in [5, 5.41) is 2.84. The van der Waals surface area contributed by atoms with Crippen molar-refractivity contribution in [3.8, 4) is 5.75 Å². The van der Waals surface area contributed by atoms with Crippen LogP contribution in [0.25, 0.3) is 0 Å². The van der Waals surface area contributed by atoms with Crippen molar-refractivity contribution in [2.24, 2.45) is 0 Å².